The van der Waals surface area contributed by atoms with Crippen LogP contribution in [0.3, 0.4) is 0 Å². The lowest BCUT2D eigenvalue weighted by atomic mass is 10.2. The molecule has 0 aromatic rings. The van der Waals surface area contributed by atoms with Crippen molar-refractivity contribution in [2.45, 2.75) is 6.92 Å². The van der Waals surface area contributed by atoms with E-state index in [4.69, 9.17) is 0 Å². The van der Waals surface area contributed by atoms with Crippen LogP contribution in [0.25, 0.3) is 0 Å². The molecule has 0 atom stereocenters. The zero-order chi connectivity index (χ0) is 11.1. The van der Waals surface area contributed by atoms with Gasteiger partial charge in [-0.1, -0.05) is 6.08 Å². The summed E-state index contributed by atoms with van der Waals surface area (Å²) in [7, 11) is 1.24. The predicted octanol–water partition coefficient (Wildman–Crippen LogP) is 1.45. The minimum absolute atomic E-state index is 0.246. The SMILES string of the molecule is C=C(/C=C\C(=C/C)C(=O)OC)[N+](=O)[O-]. The minimum atomic E-state index is -0.638. The highest BCUT2D eigenvalue weighted by atomic mass is 16.6. The molecule has 0 N–H and O–H groups in total. The number of esters is 1. The van der Waals surface area contributed by atoms with E-state index in [2.05, 4.69) is 11.3 Å². The van der Waals surface area contributed by atoms with Crippen molar-refractivity contribution in [2.24, 2.45) is 0 Å². The molecule has 76 valence electrons. The van der Waals surface area contributed by atoms with Gasteiger partial charge < -0.3 is 4.74 Å². The van der Waals surface area contributed by atoms with Crippen molar-refractivity contribution >= 4 is 5.97 Å². The second-order valence-corrected chi connectivity index (χ2v) is 2.32. The van der Waals surface area contributed by atoms with E-state index in [1.165, 1.54) is 19.3 Å². The molecule has 0 aliphatic heterocycles. The Morgan fingerprint density at radius 2 is 2.07 bits per heavy atom. The molecule has 0 aliphatic carbocycles. The van der Waals surface area contributed by atoms with Crippen LogP contribution < -0.4 is 0 Å². The molecule has 0 aromatic carbocycles. The molecule has 0 heterocycles. The van der Waals surface area contributed by atoms with Gasteiger partial charge in [0.25, 0.3) is 5.70 Å². The Labute approximate surface area is 81.5 Å². The van der Waals surface area contributed by atoms with Crippen LogP contribution in [0.15, 0.2) is 36.1 Å². The molecule has 0 spiro atoms. The lowest BCUT2D eigenvalue weighted by Crippen LogP contribution is -2.02. The van der Waals surface area contributed by atoms with Crippen molar-refractivity contribution in [1.82, 2.24) is 0 Å². The molecule has 0 rings (SSSR count). The Kier molecular flexibility index (Phi) is 4.91. The first-order valence-electron chi connectivity index (χ1n) is 3.79. The second kappa shape index (κ2) is 5.69. The number of rotatable bonds is 4. The van der Waals surface area contributed by atoms with Gasteiger partial charge in [-0.05, 0) is 19.6 Å². The van der Waals surface area contributed by atoms with Crippen LogP contribution in [0.5, 0.6) is 0 Å². The highest BCUT2D eigenvalue weighted by Gasteiger charge is 2.06. The van der Waals surface area contributed by atoms with Gasteiger partial charge >= 0.3 is 5.97 Å². The minimum Gasteiger partial charge on any atom is -0.465 e. The number of hydrogen-bond acceptors (Lipinski definition) is 4. The monoisotopic (exact) mass is 197 g/mol. The lowest BCUT2D eigenvalue weighted by molar-refractivity contribution is -0.418. The summed E-state index contributed by atoms with van der Waals surface area (Å²) < 4.78 is 4.44. The molecule has 0 unspecified atom stereocenters. The number of allylic oxidation sites excluding steroid dienone is 2. The van der Waals surface area contributed by atoms with Crippen molar-refractivity contribution in [3.63, 3.8) is 0 Å². The van der Waals surface area contributed by atoms with Gasteiger partial charge in [0.1, 0.15) is 0 Å². The van der Waals surface area contributed by atoms with Crippen LogP contribution in [0, 0.1) is 10.1 Å². The zero-order valence-corrected chi connectivity index (χ0v) is 8.02. The van der Waals surface area contributed by atoms with Crippen molar-refractivity contribution < 1.29 is 14.5 Å². The average molecular weight is 197 g/mol. The van der Waals surface area contributed by atoms with E-state index in [1.807, 2.05) is 0 Å². The standard InChI is InChI=1S/C9H11NO4/c1-4-8(9(11)14-3)6-5-7(2)10(12)13/h4-6H,2H2,1,3H3/b6-5-,8-4+. The topological polar surface area (TPSA) is 69.4 Å². The fourth-order valence-electron chi connectivity index (χ4n) is 0.647. The first-order valence-corrected chi connectivity index (χ1v) is 3.79. The molecule has 0 bridgehead atoms. The molecule has 5 nitrogen and oxygen atoms in total. The van der Waals surface area contributed by atoms with E-state index in [9.17, 15) is 14.9 Å². The molecule has 14 heavy (non-hydrogen) atoms. The number of methoxy groups -OCH3 is 1. The first-order chi connectivity index (χ1) is 6.52. The average Bonchev–Trinajstić information content (AvgIpc) is 2.17. The largest absolute Gasteiger partial charge is 0.465 e. The van der Waals surface area contributed by atoms with Gasteiger partial charge in [0.05, 0.1) is 17.6 Å². The zero-order valence-electron chi connectivity index (χ0n) is 8.02. The summed E-state index contributed by atoms with van der Waals surface area (Å²) >= 11 is 0. The predicted molar refractivity (Wildman–Crippen MR) is 51.0 cm³/mol. The number of nitro groups is 1. The number of carbonyl (C=O) groups is 1. The summed E-state index contributed by atoms with van der Waals surface area (Å²) in [6, 6.07) is 0. The summed E-state index contributed by atoms with van der Waals surface area (Å²) in [6.45, 7) is 4.81. The molecule has 0 saturated carbocycles. The van der Waals surface area contributed by atoms with E-state index in [1.54, 1.807) is 6.92 Å². The lowest BCUT2D eigenvalue weighted by Gasteiger charge is -1.97. The molecular formula is C9H11NO4. The number of hydrogen-bond donors (Lipinski definition) is 0. The molecule has 0 saturated heterocycles. The van der Waals surface area contributed by atoms with Crippen molar-refractivity contribution in [1.29, 1.82) is 0 Å². The fourth-order valence-corrected chi connectivity index (χ4v) is 0.647. The maximum atomic E-state index is 11.0. The third-order valence-corrected chi connectivity index (χ3v) is 1.42. The molecule has 0 fully saturated rings. The van der Waals surface area contributed by atoms with Gasteiger partial charge in [0.2, 0.25) is 0 Å². The smallest absolute Gasteiger partial charge is 0.337 e. The highest BCUT2D eigenvalue weighted by molar-refractivity contribution is 5.91. The number of nitrogens with zero attached hydrogens (tertiary/aromatic N) is 1. The van der Waals surface area contributed by atoms with Gasteiger partial charge in [-0.25, -0.2) is 4.79 Å². The van der Waals surface area contributed by atoms with Crippen LogP contribution >= 0.6 is 0 Å². The molecule has 0 radical (unpaired) electrons. The maximum absolute atomic E-state index is 11.0. The van der Waals surface area contributed by atoms with Crippen LogP contribution in [-0.2, 0) is 9.53 Å². The Bertz CT molecular complexity index is 315. The summed E-state index contributed by atoms with van der Waals surface area (Å²) in [5.41, 5.74) is -0.0382. The van der Waals surface area contributed by atoms with Gasteiger partial charge in [-0.2, -0.15) is 0 Å². The Balaban J connectivity index is 4.57. The Morgan fingerprint density at radius 1 is 1.50 bits per heavy atom. The van der Waals surface area contributed by atoms with Crippen molar-refractivity contribution in [2.75, 3.05) is 7.11 Å². The Morgan fingerprint density at radius 3 is 2.43 bits per heavy atom. The van der Waals surface area contributed by atoms with Crippen LogP contribution in [0.1, 0.15) is 6.92 Å². The molecule has 0 aliphatic rings. The van der Waals surface area contributed by atoms with Gasteiger partial charge in [-0.3, -0.25) is 10.1 Å². The summed E-state index contributed by atoms with van der Waals surface area (Å²) in [5, 5.41) is 10.2. The van der Waals surface area contributed by atoms with E-state index in [0.717, 1.165) is 6.08 Å². The van der Waals surface area contributed by atoms with Gasteiger partial charge in [0.15, 0.2) is 0 Å². The Hall–Kier alpha value is -1.91. The number of ether oxygens (including phenoxy) is 1. The van der Waals surface area contributed by atoms with Gasteiger partial charge in [0, 0.05) is 6.08 Å². The maximum Gasteiger partial charge on any atom is 0.337 e. The number of carbonyl (C=O) groups excluding carboxylic acids is 1. The molecule has 0 aromatic heterocycles. The fraction of sp³-hybridized carbons (Fsp3) is 0.222. The second-order valence-electron chi connectivity index (χ2n) is 2.32. The molecule has 5 heteroatoms. The van der Waals surface area contributed by atoms with E-state index >= 15 is 0 Å². The third kappa shape index (κ3) is 3.66. The summed E-state index contributed by atoms with van der Waals surface area (Å²) in [6.07, 6.45) is 3.93. The van der Waals surface area contributed by atoms with E-state index in [0.29, 0.717) is 0 Å². The summed E-state index contributed by atoms with van der Waals surface area (Å²) in [5.74, 6) is -0.542. The normalized spacial score (nSPS) is 11.4. The van der Waals surface area contributed by atoms with Gasteiger partial charge in [-0.15, -0.1) is 0 Å². The highest BCUT2D eigenvalue weighted by Crippen LogP contribution is 2.02. The van der Waals surface area contributed by atoms with Crippen LogP contribution in [0.2, 0.25) is 0 Å². The van der Waals surface area contributed by atoms with Crippen molar-refractivity contribution in [3.8, 4) is 0 Å². The molecular weight excluding hydrogens is 186 g/mol. The molecule has 0 amide bonds. The van der Waals surface area contributed by atoms with Crippen molar-refractivity contribution in [3.05, 3.63) is 46.2 Å². The summed E-state index contributed by atoms with van der Waals surface area (Å²) in [4.78, 5) is 20.5. The quantitative estimate of drug-likeness (QED) is 0.225. The van der Waals surface area contributed by atoms with E-state index < -0.39 is 10.9 Å². The van der Waals surface area contributed by atoms with E-state index in [-0.39, 0.29) is 11.3 Å². The van der Waals surface area contributed by atoms with Crippen LogP contribution in [0.4, 0.5) is 0 Å². The van der Waals surface area contributed by atoms with Crippen LogP contribution in [-0.4, -0.2) is 18.0 Å². The third-order valence-electron chi connectivity index (χ3n) is 1.42. The first kappa shape index (κ1) is 12.1.